The number of rotatable bonds is 2. The number of methoxy groups -OCH3 is 1. The average molecular weight is 245 g/mol. The summed E-state index contributed by atoms with van der Waals surface area (Å²) < 4.78 is 4.97. The lowest BCUT2D eigenvalue weighted by molar-refractivity contribution is -0.133. The molecule has 0 aromatic rings. The zero-order valence-corrected chi connectivity index (χ0v) is 8.67. The second-order valence-corrected chi connectivity index (χ2v) is 3.00. The molecule has 0 saturated carbocycles. The molecule has 0 amide bonds. The fraction of sp³-hybridized carbons (Fsp3) is 0.222. The molecule has 1 N–H and O–H groups in total. The fourth-order valence-corrected chi connectivity index (χ4v) is 0.923. The fourth-order valence-electron chi connectivity index (χ4n) is 0.923. The van der Waals surface area contributed by atoms with Crippen LogP contribution in [0.2, 0.25) is 0 Å². The van der Waals surface area contributed by atoms with Crippen LogP contribution >= 0.6 is 15.9 Å². The van der Waals surface area contributed by atoms with E-state index in [1.807, 2.05) is 6.07 Å². The Kier molecular flexibility index (Phi) is 3.31. The summed E-state index contributed by atoms with van der Waals surface area (Å²) in [5.41, 5.74) is 2.62. The van der Waals surface area contributed by atoms with Crippen molar-refractivity contribution in [3.63, 3.8) is 0 Å². The monoisotopic (exact) mass is 244 g/mol. The number of hydrogen-bond donors (Lipinski definition) is 1. The van der Waals surface area contributed by atoms with E-state index in [1.165, 1.54) is 11.1 Å². The first kappa shape index (κ1) is 10.1. The van der Waals surface area contributed by atoms with Crippen molar-refractivity contribution >= 4 is 21.9 Å². The summed E-state index contributed by atoms with van der Waals surface area (Å²) in [7, 11) is 1.70. The first-order valence-corrected chi connectivity index (χ1v) is 4.77. The first-order chi connectivity index (χ1) is 6.19. The van der Waals surface area contributed by atoms with E-state index in [-0.39, 0.29) is 5.33 Å². The maximum absolute atomic E-state index is 9.32. The summed E-state index contributed by atoms with van der Waals surface area (Å²) >= 11 is 2.71. The predicted octanol–water partition coefficient (Wildman–Crippen LogP) is 2.14. The van der Waals surface area contributed by atoms with Crippen LogP contribution < -0.4 is 4.74 Å². The normalized spacial score (nSPS) is 9.69. The van der Waals surface area contributed by atoms with Gasteiger partial charge in [0.2, 0.25) is 0 Å². The molecule has 2 aliphatic carbocycles. The Morgan fingerprint density at radius 1 is 1.62 bits per heavy atom. The van der Waals surface area contributed by atoms with Gasteiger partial charge in [-0.05, 0) is 11.6 Å². The van der Waals surface area contributed by atoms with Gasteiger partial charge in [0, 0.05) is 5.56 Å². The number of carboxylic acids is 1. The average Bonchev–Trinajstić information content (AvgIpc) is 2.10. The van der Waals surface area contributed by atoms with Crippen molar-refractivity contribution in [2.45, 2.75) is 0 Å². The summed E-state index contributed by atoms with van der Waals surface area (Å²) in [6.07, 6.45) is 0. The van der Waals surface area contributed by atoms with Gasteiger partial charge in [0.05, 0.1) is 7.11 Å². The van der Waals surface area contributed by atoms with Gasteiger partial charge in [-0.2, -0.15) is 0 Å². The molecule has 0 radical (unpaired) electrons. The van der Waals surface area contributed by atoms with Crippen molar-refractivity contribution in [3.8, 4) is 16.9 Å². The van der Waals surface area contributed by atoms with Gasteiger partial charge in [-0.25, -0.2) is 0 Å². The Morgan fingerprint density at radius 3 is 2.31 bits per heavy atom. The lowest BCUT2D eigenvalue weighted by atomic mass is 9.92. The molecule has 2 rings (SSSR count). The molecule has 0 heterocycles. The molecule has 0 fully saturated rings. The number of benzene rings is 1. The number of carboxylic acid groups (broad SMARTS) is 1. The zero-order valence-electron chi connectivity index (χ0n) is 7.08. The van der Waals surface area contributed by atoms with Gasteiger partial charge in [0.15, 0.2) is 0 Å². The molecule has 0 saturated heterocycles. The van der Waals surface area contributed by atoms with Crippen LogP contribution in [0.5, 0.6) is 5.75 Å². The van der Waals surface area contributed by atoms with Crippen LogP contribution in [0.15, 0.2) is 18.2 Å². The number of fused-ring (bicyclic) bond motifs is 1. The van der Waals surface area contributed by atoms with E-state index < -0.39 is 5.97 Å². The molecule has 3 nitrogen and oxygen atoms in total. The van der Waals surface area contributed by atoms with Gasteiger partial charge in [-0.3, -0.25) is 4.79 Å². The summed E-state index contributed by atoms with van der Waals surface area (Å²) in [4.78, 5) is 9.32. The van der Waals surface area contributed by atoms with Crippen molar-refractivity contribution in [2.75, 3.05) is 12.4 Å². The van der Waals surface area contributed by atoms with Gasteiger partial charge in [-0.1, -0.05) is 28.1 Å². The molecular formula is C9H9BrO3. The number of hydrogen-bond acceptors (Lipinski definition) is 2. The topological polar surface area (TPSA) is 46.5 Å². The summed E-state index contributed by atoms with van der Waals surface area (Å²) in [5, 5.41) is 7.71. The molecule has 2 aliphatic rings. The molecule has 0 aromatic carbocycles. The Morgan fingerprint density at radius 2 is 2.23 bits per heavy atom. The zero-order chi connectivity index (χ0) is 9.84. The lowest BCUT2D eigenvalue weighted by Crippen LogP contribution is -1.96. The van der Waals surface area contributed by atoms with Crippen molar-refractivity contribution in [2.24, 2.45) is 0 Å². The van der Waals surface area contributed by atoms with Gasteiger partial charge < -0.3 is 9.84 Å². The van der Waals surface area contributed by atoms with Gasteiger partial charge >= 0.3 is 5.97 Å². The molecule has 0 unspecified atom stereocenters. The third-order valence-corrected chi connectivity index (χ3v) is 2.11. The summed E-state index contributed by atoms with van der Waals surface area (Å²) in [6, 6.07) is 6.18. The number of alkyl halides is 1. The number of aliphatic carboxylic acids is 1. The standard InChI is InChI=1S/C7H6O.C2H3BrO2/c1-8-7-4-5-2-3-6(5)7;3-1-2(4)5/h2-4H,1H3;1H2,(H,4,5). The minimum atomic E-state index is -0.829. The SMILES string of the molecule is COc1cc2ccc1-2.O=C(O)CBr. The first-order valence-electron chi connectivity index (χ1n) is 3.65. The molecule has 0 spiro atoms. The molecule has 0 aromatic heterocycles. The van der Waals surface area contributed by atoms with Crippen LogP contribution in [-0.4, -0.2) is 23.5 Å². The largest absolute Gasteiger partial charge is 0.496 e. The minimum absolute atomic E-state index is 0.0347. The van der Waals surface area contributed by atoms with Crippen LogP contribution in [0.1, 0.15) is 0 Å². The highest BCUT2D eigenvalue weighted by Gasteiger charge is 2.15. The molecular weight excluding hydrogens is 236 g/mol. The van der Waals surface area contributed by atoms with E-state index in [4.69, 9.17) is 9.84 Å². The third-order valence-electron chi connectivity index (χ3n) is 1.63. The Bertz CT molecular complexity index is 323. The molecule has 13 heavy (non-hydrogen) atoms. The van der Waals surface area contributed by atoms with Crippen molar-refractivity contribution in [1.82, 2.24) is 0 Å². The van der Waals surface area contributed by atoms with E-state index >= 15 is 0 Å². The van der Waals surface area contributed by atoms with E-state index in [0.29, 0.717) is 0 Å². The minimum Gasteiger partial charge on any atom is -0.496 e. The van der Waals surface area contributed by atoms with Crippen molar-refractivity contribution in [1.29, 1.82) is 0 Å². The van der Waals surface area contributed by atoms with Crippen LogP contribution in [0.25, 0.3) is 11.1 Å². The molecule has 0 bridgehead atoms. The molecule has 4 heteroatoms. The van der Waals surface area contributed by atoms with E-state index in [0.717, 1.165) is 5.75 Å². The smallest absolute Gasteiger partial charge is 0.314 e. The van der Waals surface area contributed by atoms with E-state index in [9.17, 15) is 4.79 Å². The lowest BCUT2D eigenvalue weighted by Gasteiger charge is -2.18. The second kappa shape index (κ2) is 4.28. The maximum Gasteiger partial charge on any atom is 0.314 e. The molecule has 0 aliphatic heterocycles. The third kappa shape index (κ3) is 2.21. The van der Waals surface area contributed by atoms with Gasteiger partial charge in [0.1, 0.15) is 11.1 Å². The number of halogens is 1. The Labute approximate surface area is 84.5 Å². The van der Waals surface area contributed by atoms with Gasteiger partial charge in [0.25, 0.3) is 0 Å². The highest BCUT2D eigenvalue weighted by Crippen LogP contribution is 2.42. The van der Waals surface area contributed by atoms with E-state index in [2.05, 4.69) is 28.1 Å². The number of carbonyl (C=O) groups is 1. The van der Waals surface area contributed by atoms with Crippen molar-refractivity contribution in [3.05, 3.63) is 18.2 Å². The number of ether oxygens (including phenoxy) is 1. The highest BCUT2D eigenvalue weighted by atomic mass is 79.9. The van der Waals surface area contributed by atoms with Crippen LogP contribution in [0.3, 0.4) is 0 Å². The van der Waals surface area contributed by atoms with Crippen molar-refractivity contribution < 1.29 is 14.6 Å². The summed E-state index contributed by atoms with van der Waals surface area (Å²) in [5.74, 6) is 0.201. The maximum atomic E-state index is 9.32. The Hall–Kier alpha value is -1.03. The van der Waals surface area contributed by atoms with Crippen LogP contribution in [-0.2, 0) is 4.79 Å². The Balaban J connectivity index is 0.000000149. The van der Waals surface area contributed by atoms with E-state index in [1.54, 1.807) is 7.11 Å². The predicted molar refractivity (Wildman–Crippen MR) is 53.4 cm³/mol. The second-order valence-electron chi connectivity index (χ2n) is 2.44. The quantitative estimate of drug-likeness (QED) is 0.824. The summed E-state index contributed by atoms with van der Waals surface area (Å²) in [6.45, 7) is 0. The van der Waals surface area contributed by atoms with Gasteiger partial charge in [-0.15, -0.1) is 0 Å². The van der Waals surface area contributed by atoms with Crippen LogP contribution in [0, 0.1) is 0 Å². The highest BCUT2D eigenvalue weighted by molar-refractivity contribution is 9.09. The van der Waals surface area contributed by atoms with Crippen LogP contribution in [0.4, 0.5) is 0 Å². The molecule has 70 valence electrons. The molecule has 0 atom stereocenters.